The molecule has 2 N–H and O–H groups in total. The molecule has 1 aliphatic rings. The molecule has 1 heterocycles. The largest absolute Gasteiger partial charge is 0.488 e. The molecule has 106 valence electrons. The number of halogens is 3. The maximum absolute atomic E-state index is 12.9. The number of benzene rings is 1. The van der Waals surface area contributed by atoms with Crippen molar-refractivity contribution in [3.8, 4) is 5.75 Å². The molecule has 1 unspecified atom stereocenters. The lowest BCUT2D eigenvalue weighted by Gasteiger charge is -2.33. The minimum Gasteiger partial charge on any atom is -0.488 e. The second kappa shape index (κ2) is 4.71. The van der Waals surface area contributed by atoms with Crippen LogP contribution in [-0.2, 0) is 6.42 Å². The van der Waals surface area contributed by atoms with E-state index in [1.54, 1.807) is 12.1 Å². The smallest absolute Gasteiger partial charge is 0.396 e. The fourth-order valence-electron chi connectivity index (χ4n) is 2.35. The van der Waals surface area contributed by atoms with Gasteiger partial charge in [0.15, 0.2) is 0 Å². The van der Waals surface area contributed by atoms with Crippen molar-refractivity contribution in [2.45, 2.75) is 44.4 Å². The number of hydrogen-bond donors (Lipinski definition) is 1. The van der Waals surface area contributed by atoms with E-state index in [4.69, 9.17) is 10.5 Å². The van der Waals surface area contributed by atoms with E-state index in [2.05, 4.69) is 0 Å². The molecule has 5 heteroatoms. The van der Waals surface area contributed by atoms with Gasteiger partial charge >= 0.3 is 6.18 Å². The Kier molecular flexibility index (Phi) is 3.51. The average molecular weight is 273 g/mol. The molecule has 0 spiro atoms. The molecular weight excluding hydrogens is 255 g/mol. The van der Waals surface area contributed by atoms with Crippen molar-refractivity contribution in [1.29, 1.82) is 0 Å². The summed E-state index contributed by atoms with van der Waals surface area (Å²) >= 11 is 0. The van der Waals surface area contributed by atoms with E-state index < -0.39 is 18.6 Å². The molecule has 19 heavy (non-hydrogen) atoms. The van der Waals surface area contributed by atoms with Gasteiger partial charge in [-0.1, -0.05) is 12.1 Å². The molecule has 0 amide bonds. The first-order chi connectivity index (χ1) is 8.73. The molecule has 0 radical (unpaired) electrons. The van der Waals surface area contributed by atoms with Crippen molar-refractivity contribution in [2.75, 3.05) is 6.54 Å². The molecule has 0 saturated carbocycles. The SMILES string of the molecule is CC1(C)CCc2cc(C(CN)C(F)(F)F)ccc2O1. The predicted octanol–water partition coefficient (Wildman–Crippen LogP) is 3.39. The number of nitrogens with two attached hydrogens (primary N) is 1. The molecule has 0 bridgehead atoms. The van der Waals surface area contributed by atoms with Gasteiger partial charge in [0.25, 0.3) is 0 Å². The zero-order valence-electron chi connectivity index (χ0n) is 11.1. The summed E-state index contributed by atoms with van der Waals surface area (Å²) in [6, 6.07) is 4.67. The van der Waals surface area contributed by atoms with Crippen molar-refractivity contribution in [2.24, 2.45) is 5.73 Å². The molecule has 2 nitrogen and oxygen atoms in total. The van der Waals surface area contributed by atoms with Crippen LogP contribution in [-0.4, -0.2) is 18.3 Å². The average Bonchev–Trinajstić information content (AvgIpc) is 2.27. The van der Waals surface area contributed by atoms with Crippen LogP contribution >= 0.6 is 0 Å². The highest BCUT2D eigenvalue weighted by molar-refractivity contribution is 5.41. The zero-order valence-corrected chi connectivity index (χ0v) is 11.1. The van der Waals surface area contributed by atoms with Crippen LogP contribution in [0.25, 0.3) is 0 Å². The molecule has 0 fully saturated rings. The van der Waals surface area contributed by atoms with Crippen molar-refractivity contribution in [1.82, 2.24) is 0 Å². The van der Waals surface area contributed by atoms with Crippen molar-refractivity contribution < 1.29 is 17.9 Å². The number of ether oxygens (including phenoxy) is 1. The number of aryl methyl sites for hydroxylation is 1. The predicted molar refractivity (Wildman–Crippen MR) is 67.3 cm³/mol. The summed E-state index contributed by atoms with van der Waals surface area (Å²) in [7, 11) is 0. The van der Waals surface area contributed by atoms with Crippen LogP contribution in [0.2, 0.25) is 0 Å². The lowest BCUT2D eigenvalue weighted by molar-refractivity contribution is -0.148. The molecule has 0 aliphatic carbocycles. The summed E-state index contributed by atoms with van der Waals surface area (Å²) in [5.41, 5.74) is 6.05. The van der Waals surface area contributed by atoms with Gasteiger partial charge in [0.1, 0.15) is 11.4 Å². The molecule has 1 aliphatic heterocycles. The van der Waals surface area contributed by atoms with Crippen LogP contribution < -0.4 is 10.5 Å². The molecule has 1 atom stereocenters. The van der Waals surface area contributed by atoms with Gasteiger partial charge in [-0.05, 0) is 43.9 Å². The Labute approximate surface area is 110 Å². The van der Waals surface area contributed by atoms with Crippen LogP contribution in [0.5, 0.6) is 5.75 Å². The lowest BCUT2D eigenvalue weighted by atomic mass is 9.90. The van der Waals surface area contributed by atoms with Gasteiger partial charge in [-0.15, -0.1) is 0 Å². The maximum atomic E-state index is 12.9. The summed E-state index contributed by atoms with van der Waals surface area (Å²) in [5.74, 6) is -0.925. The van der Waals surface area contributed by atoms with Crippen LogP contribution in [0.15, 0.2) is 18.2 Å². The number of alkyl halides is 3. The van der Waals surface area contributed by atoms with E-state index in [-0.39, 0.29) is 11.2 Å². The summed E-state index contributed by atoms with van der Waals surface area (Å²) in [5, 5.41) is 0. The highest BCUT2D eigenvalue weighted by atomic mass is 19.4. The van der Waals surface area contributed by atoms with Crippen LogP contribution in [0.4, 0.5) is 13.2 Å². The summed E-state index contributed by atoms with van der Waals surface area (Å²) in [4.78, 5) is 0. The van der Waals surface area contributed by atoms with Crippen molar-refractivity contribution >= 4 is 0 Å². The second-order valence-corrected chi connectivity index (χ2v) is 5.56. The highest BCUT2D eigenvalue weighted by Gasteiger charge is 2.40. The Bertz CT molecular complexity index is 468. The first-order valence-electron chi connectivity index (χ1n) is 6.31. The zero-order chi connectivity index (χ0) is 14.3. The van der Waals surface area contributed by atoms with Gasteiger partial charge in [-0.25, -0.2) is 0 Å². The van der Waals surface area contributed by atoms with Gasteiger partial charge in [0.2, 0.25) is 0 Å². The fraction of sp³-hybridized carbons (Fsp3) is 0.571. The lowest BCUT2D eigenvalue weighted by Crippen LogP contribution is -2.33. The summed E-state index contributed by atoms with van der Waals surface area (Å²) < 4.78 is 44.3. The molecule has 2 rings (SSSR count). The van der Waals surface area contributed by atoms with Crippen LogP contribution in [0.1, 0.15) is 37.3 Å². The fourth-order valence-corrected chi connectivity index (χ4v) is 2.35. The van der Waals surface area contributed by atoms with Gasteiger partial charge < -0.3 is 10.5 Å². The number of rotatable bonds is 2. The molecule has 0 aromatic heterocycles. The third-order valence-corrected chi connectivity index (χ3v) is 3.50. The van der Waals surface area contributed by atoms with E-state index in [0.717, 1.165) is 18.4 Å². The van der Waals surface area contributed by atoms with E-state index in [0.29, 0.717) is 5.75 Å². The first-order valence-corrected chi connectivity index (χ1v) is 6.31. The Hall–Kier alpha value is -1.23. The topological polar surface area (TPSA) is 35.2 Å². The molecule has 1 aromatic rings. The standard InChI is InChI=1S/C14H18F3NO/c1-13(2)6-5-10-7-9(3-4-12(10)19-13)11(8-18)14(15,16)17/h3-4,7,11H,5-6,8,18H2,1-2H3. The van der Waals surface area contributed by atoms with E-state index in [1.165, 1.54) is 6.07 Å². The number of fused-ring (bicyclic) bond motifs is 1. The molecule has 1 aromatic carbocycles. The van der Waals surface area contributed by atoms with Gasteiger partial charge in [-0.3, -0.25) is 0 Å². The van der Waals surface area contributed by atoms with Gasteiger partial charge in [0, 0.05) is 6.54 Å². The Morgan fingerprint density at radius 3 is 2.63 bits per heavy atom. The highest BCUT2D eigenvalue weighted by Crippen LogP contribution is 2.38. The third kappa shape index (κ3) is 3.03. The minimum absolute atomic E-state index is 0.219. The Morgan fingerprint density at radius 1 is 1.37 bits per heavy atom. The van der Waals surface area contributed by atoms with E-state index in [9.17, 15) is 13.2 Å². The quantitative estimate of drug-likeness (QED) is 0.896. The Balaban J connectivity index is 2.32. The molecule has 0 saturated heterocycles. The normalized spacial score (nSPS) is 19.5. The number of hydrogen-bond acceptors (Lipinski definition) is 2. The van der Waals surface area contributed by atoms with Crippen LogP contribution in [0.3, 0.4) is 0 Å². The van der Waals surface area contributed by atoms with Crippen molar-refractivity contribution in [3.05, 3.63) is 29.3 Å². The van der Waals surface area contributed by atoms with E-state index >= 15 is 0 Å². The summed E-state index contributed by atoms with van der Waals surface area (Å²) in [6.45, 7) is 3.51. The van der Waals surface area contributed by atoms with Gasteiger partial charge in [-0.2, -0.15) is 13.2 Å². The maximum Gasteiger partial charge on any atom is 0.396 e. The molecular formula is C14H18F3NO. The Morgan fingerprint density at radius 2 is 2.05 bits per heavy atom. The second-order valence-electron chi connectivity index (χ2n) is 5.56. The third-order valence-electron chi connectivity index (χ3n) is 3.50. The minimum atomic E-state index is -4.31. The first kappa shape index (κ1) is 14.2. The monoisotopic (exact) mass is 273 g/mol. The van der Waals surface area contributed by atoms with Crippen LogP contribution in [0, 0.1) is 0 Å². The summed E-state index contributed by atoms with van der Waals surface area (Å²) in [6.07, 6.45) is -2.79. The van der Waals surface area contributed by atoms with E-state index in [1.807, 2.05) is 13.8 Å². The van der Waals surface area contributed by atoms with Crippen molar-refractivity contribution in [3.63, 3.8) is 0 Å². The van der Waals surface area contributed by atoms with Gasteiger partial charge in [0.05, 0.1) is 5.92 Å².